The fourth-order valence-corrected chi connectivity index (χ4v) is 4.49. The second kappa shape index (κ2) is 13.0. The van der Waals surface area contributed by atoms with E-state index in [4.69, 9.17) is 0 Å². The molecule has 1 amide bonds. The van der Waals surface area contributed by atoms with Crippen molar-refractivity contribution in [2.24, 2.45) is 7.05 Å². The number of carbonyl (C=O) groups is 1. The Bertz CT molecular complexity index is 1550. The molecule has 4 rings (SSSR count). The summed E-state index contributed by atoms with van der Waals surface area (Å²) in [5, 5.41) is 15.4. The number of unbranched alkanes of at least 4 members (excludes halogenated alkanes) is 1. The van der Waals surface area contributed by atoms with Crippen LogP contribution in [0.4, 0.5) is 23.0 Å². The Hall–Kier alpha value is -4.50. The Morgan fingerprint density at radius 1 is 1.12 bits per heavy atom. The molecule has 0 saturated heterocycles. The number of anilines is 4. The van der Waals surface area contributed by atoms with E-state index in [2.05, 4.69) is 27.5 Å². The number of aryl methyl sites for hydroxylation is 2. The van der Waals surface area contributed by atoms with E-state index >= 15 is 0 Å². The van der Waals surface area contributed by atoms with Gasteiger partial charge in [-0.15, -0.1) is 0 Å². The number of aliphatic hydroxyl groups is 1. The molecular weight excluding hydrogens is 504 g/mol. The van der Waals surface area contributed by atoms with Crippen molar-refractivity contribution in [1.29, 1.82) is 0 Å². The quantitative estimate of drug-likeness (QED) is 0.248. The van der Waals surface area contributed by atoms with Crippen molar-refractivity contribution in [3.63, 3.8) is 0 Å². The summed E-state index contributed by atoms with van der Waals surface area (Å²) >= 11 is 0. The molecule has 0 saturated carbocycles. The second-order valence-electron chi connectivity index (χ2n) is 9.76. The molecule has 0 atom stereocenters. The van der Waals surface area contributed by atoms with E-state index in [1.165, 1.54) is 4.57 Å². The molecular formula is C31H36N6O3. The maximum atomic E-state index is 13.3. The number of benzene rings is 2. The summed E-state index contributed by atoms with van der Waals surface area (Å²) in [6.07, 6.45) is 6.26. The van der Waals surface area contributed by atoms with Crippen LogP contribution in [0.2, 0.25) is 0 Å². The SMILES string of the molecule is CCCCc1ccccc1C(=O)Nc1cccc(-c2cn(C)c(=O)c(Nc3ccnc(N(C)CCO)c3)n2)c1C. The van der Waals surface area contributed by atoms with E-state index in [0.29, 0.717) is 35.0 Å². The van der Waals surface area contributed by atoms with Gasteiger partial charge in [0, 0.05) is 61.6 Å². The lowest BCUT2D eigenvalue weighted by atomic mass is 10.0. The van der Waals surface area contributed by atoms with Gasteiger partial charge in [-0.1, -0.05) is 43.7 Å². The molecule has 2 aromatic heterocycles. The molecule has 4 aromatic rings. The van der Waals surface area contributed by atoms with Crippen molar-refractivity contribution < 1.29 is 9.90 Å². The van der Waals surface area contributed by atoms with Crippen LogP contribution in [0.5, 0.6) is 0 Å². The van der Waals surface area contributed by atoms with Crippen molar-refractivity contribution in [2.45, 2.75) is 33.1 Å². The summed E-state index contributed by atoms with van der Waals surface area (Å²) in [5.41, 5.74) is 5.00. The standard InChI is InChI=1S/C31H36N6O3/c1-5-6-10-22-11-7-8-12-25(22)30(39)35-26-14-9-13-24(21(26)2)27-20-37(4)31(40)29(34-27)33-23-15-16-32-28(19-23)36(3)17-18-38/h7-9,11-16,19-20,38H,5-6,10,17-18H2,1-4H3,(H,35,39)(H,32,33,34). The summed E-state index contributed by atoms with van der Waals surface area (Å²) < 4.78 is 1.49. The lowest BCUT2D eigenvalue weighted by Crippen LogP contribution is -2.23. The van der Waals surface area contributed by atoms with Gasteiger partial charge in [0.2, 0.25) is 0 Å². The first-order valence-electron chi connectivity index (χ1n) is 13.4. The van der Waals surface area contributed by atoms with Crippen LogP contribution in [-0.4, -0.2) is 45.7 Å². The number of aromatic nitrogens is 3. The molecule has 9 nitrogen and oxygen atoms in total. The zero-order valence-electron chi connectivity index (χ0n) is 23.4. The number of aliphatic hydroxyl groups excluding tert-OH is 1. The minimum absolute atomic E-state index is 0.00418. The van der Waals surface area contributed by atoms with E-state index in [9.17, 15) is 14.7 Å². The lowest BCUT2D eigenvalue weighted by molar-refractivity contribution is 0.102. The molecule has 0 fully saturated rings. The van der Waals surface area contributed by atoms with Crippen molar-refractivity contribution in [3.05, 3.63) is 94.0 Å². The van der Waals surface area contributed by atoms with Crippen molar-refractivity contribution in [1.82, 2.24) is 14.5 Å². The van der Waals surface area contributed by atoms with Gasteiger partial charge in [-0.05, 0) is 49.1 Å². The predicted molar refractivity (Wildman–Crippen MR) is 161 cm³/mol. The molecule has 208 valence electrons. The van der Waals surface area contributed by atoms with Gasteiger partial charge in [-0.2, -0.15) is 0 Å². The molecule has 0 unspecified atom stereocenters. The Balaban J connectivity index is 1.63. The summed E-state index contributed by atoms with van der Waals surface area (Å²) in [7, 11) is 3.51. The molecule has 40 heavy (non-hydrogen) atoms. The van der Waals surface area contributed by atoms with Crippen LogP contribution in [0.3, 0.4) is 0 Å². The monoisotopic (exact) mass is 540 g/mol. The Morgan fingerprint density at radius 3 is 2.70 bits per heavy atom. The predicted octanol–water partition coefficient (Wildman–Crippen LogP) is 4.92. The van der Waals surface area contributed by atoms with Gasteiger partial charge in [0.25, 0.3) is 11.5 Å². The smallest absolute Gasteiger partial charge is 0.293 e. The highest BCUT2D eigenvalue weighted by Gasteiger charge is 2.16. The van der Waals surface area contributed by atoms with Crippen LogP contribution in [0.1, 0.15) is 41.3 Å². The molecule has 3 N–H and O–H groups in total. The molecule has 0 aliphatic heterocycles. The van der Waals surface area contributed by atoms with E-state index < -0.39 is 0 Å². The topological polar surface area (TPSA) is 112 Å². The van der Waals surface area contributed by atoms with E-state index in [-0.39, 0.29) is 23.9 Å². The summed E-state index contributed by atoms with van der Waals surface area (Å²) in [6, 6.07) is 16.9. The van der Waals surface area contributed by atoms with E-state index in [1.807, 2.05) is 61.3 Å². The number of nitrogens with one attached hydrogen (secondary N) is 2. The molecule has 0 radical (unpaired) electrons. The average Bonchev–Trinajstić information content (AvgIpc) is 2.95. The van der Waals surface area contributed by atoms with Crippen LogP contribution in [0.25, 0.3) is 11.3 Å². The number of nitrogens with zero attached hydrogens (tertiary/aromatic N) is 4. The Kier molecular flexibility index (Phi) is 9.29. The summed E-state index contributed by atoms with van der Waals surface area (Å²) in [4.78, 5) is 37.0. The number of hydrogen-bond donors (Lipinski definition) is 3. The highest BCUT2D eigenvalue weighted by molar-refractivity contribution is 6.06. The third-order valence-corrected chi connectivity index (χ3v) is 6.83. The van der Waals surface area contributed by atoms with Crippen LogP contribution in [0, 0.1) is 6.92 Å². The molecule has 2 heterocycles. The van der Waals surface area contributed by atoms with Gasteiger partial charge in [0.1, 0.15) is 5.82 Å². The normalized spacial score (nSPS) is 10.8. The van der Waals surface area contributed by atoms with Crippen molar-refractivity contribution >= 4 is 28.9 Å². The number of pyridine rings is 1. The highest BCUT2D eigenvalue weighted by Crippen LogP contribution is 2.29. The number of hydrogen-bond acceptors (Lipinski definition) is 7. The highest BCUT2D eigenvalue weighted by atomic mass is 16.3. The third-order valence-electron chi connectivity index (χ3n) is 6.83. The Labute approximate surface area is 234 Å². The van der Waals surface area contributed by atoms with E-state index in [1.54, 1.807) is 31.6 Å². The minimum Gasteiger partial charge on any atom is -0.395 e. The van der Waals surface area contributed by atoms with E-state index in [0.717, 1.165) is 36.0 Å². The van der Waals surface area contributed by atoms with Crippen LogP contribution < -0.4 is 21.1 Å². The molecule has 0 aliphatic rings. The first-order chi connectivity index (χ1) is 19.3. The van der Waals surface area contributed by atoms with Crippen LogP contribution in [-0.2, 0) is 13.5 Å². The minimum atomic E-state index is -0.281. The Morgan fingerprint density at radius 2 is 1.93 bits per heavy atom. The van der Waals surface area contributed by atoms with Crippen LogP contribution in [0.15, 0.2) is 71.8 Å². The zero-order chi connectivity index (χ0) is 28.6. The lowest BCUT2D eigenvalue weighted by Gasteiger charge is -2.18. The summed E-state index contributed by atoms with van der Waals surface area (Å²) in [5.74, 6) is 0.672. The van der Waals surface area contributed by atoms with Gasteiger partial charge in [-0.3, -0.25) is 9.59 Å². The molecule has 0 bridgehead atoms. The fourth-order valence-electron chi connectivity index (χ4n) is 4.49. The van der Waals surface area contributed by atoms with Crippen LogP contribution >= 0.6 is 0 Å². The number of likely N-dealkylation sites (N-methyl/N-ethyl adjacent to an activating group) is 1. The van der Waals surface area contributed by atoms with Gasteiger partial charge in [0.05, 0.1) is 12.3 Å². The van der Waals surface area contributed by atoms with Gasteiger partial charge >= 0.3 is 0 Å². The van der Waals surface area contributed by atoms with Crippen molar-refractivity contribution in [2.75, 3.05) is 35.7 Å². The largest absolute Gasteiger partial charge is 0.395 e. The van der Waals surface area contributed by atoms with Gasteiger partial charge in [0.15, 0.2) is 5.82 Å². The number of carbonyl (C=O) groups excluding carboxylic acids is 1. The van der Waals surface area contributed by atoms with Gasteiger partial charge < -0.3 is 25.2 Å². The first-order valence-corrected chi connectivity index (χ1v) is 13.4. The second-order valence-corrected chi connectivity index (χ2v) is 9.76. The summed E-state index contributed by atoms with van der Waals surface area (Å²) in [6.45, 7) is 4.50. The number of rotatable bonds is 11. The van der Waals surface area contributed by atoms with Crippen molar-refractivity contribution in [3.8, 4) is 11.3 Å². The fraction of sp³-hybridized carbons (Fsp3) is 0.290. The van der Waals surface area contributed by atoms with Gasteiger partial charge in [-0.25, -0.2) is 9.97 Å². The molecule has 2 aromatic carbocycles. The third kappa shape index (κ3) is 6.55. The molecule has 9 heteroatoms. The number of amides is 1. The molecule has 0 spiro atoms. The maximum Gasteiger partial charge on any atom is 0.293 e. The molecule has 0 aliphatic carbocycles. The maximum absolute atomic E-state index is 13.3. The first kappa shape index (κ1) is 28.5. The average molecular weight is 541 g/mol. The zero-order valence-corrected chi connectivity index (χ0v) is 23.4.